The topological polar surface area (TPSA) is 64.0 Å². The van der Waals surface area contributed by atoms with Crippen LogP contribution in [-0.2, 0) is 17.8 Å². The predicted molar refractivity (Wildman–Crippen MR) is 127 cm³/mol. The lowest BCUT2D eigenvalue weighted by Gasteiger charge is -2.20. The highest BCUT2D eigenvalue weighted by molar-refractivity contribution is 5.80. The maximum absolute atomic E-state index is 12.7. The van der Waals surface area contributed by atoms with E-state index in [1.165, 1.54) is 5.56 Å². The number of hydrogen-bond acceptors (Lipinski definition) is 3. The monoisotopic (exact) mass is 425 g/mol. The van der Waals surface area contributed by atoms with E-state index in [4.69, 9.17) is 0 Å². The number of benzene rings is 3. The Morgan fingerprint density at radius 3 is 2.44 bits per heavy atom. The largest absolute Gasteiger partial charge is 0.349 e. The maximum Gasteiger partial charge on any atom is 0.261 e. The van der Waals surface area contributed by atoms with Gasteiger partial charge in [0.25, 0.3) is 5.56 Å². The molecule has 0 fully saturated rings. The van der Waals surface area contributed by atoms with Gasteiger partial charge in [0.1, 0.15) is 0 Å². The first-order chi connectivity index (χ1) is 15.6. The van der Waals surface area contributed by atoms with Gasteiger partial charge in [-0.25, -0.2) is 4.98 Å². The summed E-state index contributed by atoms with van der Waals surface area (Å²) in [4.78, 5) is 29.9. The fraction of sp³-hybridized carbons (Fsp3) is 0.222. The van der Waals surface area contributed by atoms with Gasteiger partial charge in [-0.2, -0.15) is 0 Å². The highest BCUT2D eigenvalue weighted by atomic mass is 16.1. The number of amides is 1. The van der Waals surface area contributed by atoms with E-state index in [9.17, 15) is 9.59 Å². The lowest BCUT2D eigenvalue weighted by atomic mass is 9.98. The van der Waals surface area contributed by atoms with Crippen LogP contribution in [0.5, 0.6) is 0 Å². The van der Waals surface area contributed by atoms with Crippen LogP contribution in [0.4, 0.5) is 0 Å². The zero-order chi connectivity index (χ0) is 22.3. The van der Waals surface area contributed by atoms with Crippen LogP contribution >= 0.6 is 0 Å². The highest BCUT2D eigenvalue weighted by Crippen LogP contribution is 2.19. The Morgan fingerprint density at radius 2 is 1.69 bits per heavy atom. The molecule has 0 aliphatic rings. The van der Waals surface area contributed by atoms with Gasteiger partial charge in [-0.1, -0.05) is 72.8 Å². The third kappa shape index (κ3) is 5.11. The Hall–Kier alpha value is -3.73. The molecule has 0 spiro atoms. The van der Waals surface area contributed by atoms with E-state index >= 15 is 0 Å². The molecular weight excluding hydrogens is 398 g/mol. The van der Waals surface area contributed by atoms with E-state index < -0.39 is 0 Å². The van der Waals surface area contributed by atoms with E-state index in [0.717, 1.165) is 23.1 Å². The standard InChI is InChI=1S/C27H27N3O2/c1-20-10-8-15-23-26(20)28-19-30(27(23)32)17-9-16-25(31)29-24(22-13-6-3-7-14-22)18-21-11-4-2-5-12-21/h2-8,10-15,19,24H,9,16-18H2,1H3,(H,29,31). The molecule has 5 heteroatoms. The molecule has 4 rings (SSSR count). The molecule has 1 aromatic heterocycles. The summed E-state index contributed by atoms with van der Waals surface area (Å²) < 4.78 is 1.59. The van der Waals surface area contributed by atoms with Gasteiger partial charge >= 0.3 is 0 Å². The third-order valence-corrected chi connectivity index (χ3v) is 5.68. The third-order valence-electron chi connectivity index (χ3n) is 5.68. The number of rotatable bonds is 8. The molecule has 0 radical (unpaired) electrons. The minimum Gasteiger partial charge on any atom is -0.349 e. The predicted octanol–water partition coefficient (Wildman–Crippen LogP) is 4.59. The summed E-state index contributed by atoms with van der Waals surface area (Å²) in [6.07, 6.45) is 3.22. The fourth-order valence-corrected chi connectivity index (χ4v) is 3.96. The number of aryl methyl sites for hydroxylation is 2. The van der Waals surface area contributed by atoms with Crippen molar-refractivity contribution in [1.29, 1.82) is 0 Å². The minimum absolute atomic E-state index is 0.0209. The SMILES string of the molecule is Cc1cccc2c(=O)n(CCCC(=O)NC(Cc3ccccc3)c3ccccc3)cnc12. The number of carbonyl (C=O) groups is 1. The Balaban J connectivity index is 1.40. The number of nitrogens with zero attached hydrogens (tertiary/aromatic N) is 2. The van der Waals surface area contributed by atoms with Gasteiger partial charge in [0.15, 0.2) is 0 Å². The van der Waals surface area contributed by atoms with Crippen LogP contribution in [0.15, 0.2) is 90.0 Å². The van der Waals surface area contributed by atoms with Gasteiger partial charge in [0, 0.05) is 13.0 Å². The van der Waals surface area contributed by atoms with Gasteiger partial charge < -0.3 is 5.32 Å². The number of fused-ring (bicyclic) bond motifs is 1. The molecule has 162 valence electrons. The lowest BCUT2D eigenvalue weighted by molar-refractivity contribution is -0.122. The summed E-state index contributed by atoms with van der Waals surface area (Å²) in [6, 6.07) is 25.7. The van der Waals surface area contributed by atoms with Gasteiger partial charge in [-0.05, 0) is 42.5 Å². The summed E-state index contributed by atoms with van der Waals surface area (Å²) in [7, 11) is 0. The molecule has 0 bridgehead atoms. The molecule has 0 saturated heterocycles. The van der Waals surface area contributed by atoms with Gasteiger partial charge in [-0.15, -0.1) is 0 Å². The first-order valence-electron chi connectivity index (χ1n) is 10.9. The van der Waals surface area contributed by atoms with Crippen molar-refractivity contribution in [2.24, 2.45) is 0 Å². The summed E-state index contributed by atoms with van der Waals surface area (Å²) in [5.74, 6) is -0.0209. The normalized spacial score (nSPS) is 11.9. The quantitative estimate of drug-likeness (QED) is 0.449. The summed E-state index contributed by atoms with van der Waals surface area (Å²) in [5, 5.41) is 3.79. The molecule has 1 atom stereocenters. The number of carbonyl (C=O) groups excluding carboxylic acids is 1. The van der Waals surface area contributed by atoms with Crippen molar-refractivity contribution in [1.82, 2.24) is 14.9 Å². The molecule has 32 heavy (non-hydrogen) atoms. The maximum atomic E-state index is 12.7. The molecule has 0 aliphatic carbocycles. The van der Waals surface area contributed by atoms with Crippen LogP contribution in [-0.4, -0.2) is 15.5 Å². The first-order valence-corrected chi connectivity index (χ1v) is 10.9. The average Bonchev–Trinajstić information content (AvgIpc) is 2.82. The number of hydrogen-bond donors (Lipinski definition) is 1. The first kappa shape index (κ1) is 21.5. The van der Waals surface area contributed by atoms with Crippen LogP contribution in [0.25, 0.3) is 10.9 Å². The molecule has 1 unspecified atom stereocenters. The molecule has 0 aliphatic heterocycles. The molecule has 1 amide bonds. The summed E-state index contributed by atoms with van der Waals surface area (Å²) >= 11 is 0. The van der Waals surface area contributed by atoms with Gasteiger partial charge in [0.2, 0.25) is 5.91 Å². The second-order valence-electron chi connectivity index (χ2n) is 8.04. The van der Waals surface area contributed by atoms with Crippen molar-refractivity contribution in [2.45, 2.75) is 38.8 Å². The molecule has 4 aromatic rings. The summed E-state index contributed by atoms with van der Waals surface area (Å²) in [5.41, 5.74) is 3.90. The second kappa shape index (κ2) is 10.1. The Morgan fingerprint density at radius 1 is 0.969 bits per heavy atom. The summed E-state index contributed by atoms with van der Waals surface area (Å²) in [6.45, 7) is 2.40. The average molecular weight is 426 g/mol. The van der Waals surface area contributed by atoms with E-state index in [1.807, 2.05) is 67.6 Å². The minimum atomic E-state index is -0.0980. The molecule has 0 saturated carbocycles. The zero-order valence-corrected chi connectivity index (χ0v) is 18.2. The van der Waals surface area contributed by atoms with Crippen molar-refractivity contribution in [2.75, 3.05) is 0 Å². The van der Waals surface area contributed by atoms with Crippen LogP contribution in [0.2, 0.25) is 0 Å². The van der Waals surface area contributed by atoms with Crippen molar-refractivity contribution in [3.63, 3.8) is 0 Å². The lowest BCUT2D eigenvalue weighted by Crippen LogP contribution is -2.30. The smallest absolute Gasteiger partial charge is 0.261 e. The molecular formula is C27H27N3O2. The number of nitrogens with one attached hydrogen (secondary N) is 1. The van der Waals surface area contributed by atoms with Gasteiger partial charge in [-0.3, -0.25) is 14.2 Å². The highest BCUT2D eigenvalue weighted by Gasteiger charge is 2.15. The second-order valence-corrected chi connectivity index (χ2v) is 8.04. The van der Waals surface area contributed by atoms with E-state index in [0.29, 0.717) is 24.8 Å². The number of para-hydroxylation sites is 1. The van der Waals surface area contributed by atoms with E-state index in [-0.39, 0.29) is 17.5 Å². The van der Waals surface area contributed by atoms with E-state index in [1.54, 1.807) is 17.0 Å². The zero-order valence-electron chi connectivity index (χ0n) is 18.2. The molecule has 3 aromatic carbocycles. The van der Waals surface area contributed by atoms with Crippen molar-refractivity contribution in [3.05, 3.63) is 112 Å². The Kier molecular flexibility index (Phi) is 6.75. The van der Waals surface area contributed by atoms with E-state index in [2.05, 4.69) is 22.4 Å². The Labute approximate surface area is 187 Å². The number of aromatic nitrogens is 2. The van der Waals surface area contributed by atoms with Crippen molar-refractivity contribution in [3.8, 4) is 0 Å². The molecule has 1 N–H and O–H groups in total. The van der Waals surface area contributed by atoms with Crippen molar-refractivity contribution < 1.29 is 4.79 Å². The fourth-order valence-electron chi connectivity index (χ4n) is 3.96. The van der Waals surface area contributed by atoms with Crippen LogP contribution < -0.4 is 10.9 Å². The van der Waals surface area contributed by atoms with Crippen molar-refractivity contribution >= 4 is 16.8 Å². The van der Waals surface area contributed by atoms with Gasteiger partial charge in [0.05, 0.1) is 23.3 Å². The molecule has 5 nitrogen and oxygen atoms in total. The Bertz CT molecular complexity index is 1250. The van der Waals surface area contributed by atoms with Crippen LogP contribution in [0.1, 0.15) is 35.6 Å². The molecule has 1 heterocycles. The van der Waals surface area contributed by atoms with Crippen LogP contribution in [0.3, 0.4) is 0 Å². The van der Waals surface area contributed by atoms with Crippen LogP contribution in [0, 0.1) is 6.92 Å².